The summed E-state index contributed by atoms with van der Waals surface area (Å²) in [6, 6.07) is 0. The van der Waals surface area contributed by atoms with Crippen LogP contribution in [0, 0.1) is 39.9 Å². The van der Waals surface area contributed by atoms with Crippen molar-refractivity contribution in [2.45, 2.75) is 0 Å². The van der Waals surface area contributed by atoms with Crippen LogP contribution in [-0.4, -0.2) is 3.69 Å². The molecule has 0 amide bonds. The van der Waals surface area contributed by atoms with Gasteiger partial charge in [-0.1, -0.05) is 0 Å². The fourth-order valence-electron chi connectivity index (χ4n) is 0. The van der Waals surface area contributed by atoms with Crippen LogP contribution in [0.25, 0.3) is 0 Å². The number of rotatable bonds is 0. The Hall–Kier alpha value is 1.70. The number of hydrogen-bond donors (Lipinski definition) is 1. The average molecular weight is 435 g/mol. The summed E-state index contributed by atoms with van der Waals surface area (Å²) in [6.07, 6.45) is 0. The Morgan fingerprint density at radius 1 is 1.18 bits per heavy atom. The Kier molecular flexibility index (Phi) is 10.4. The maximum absolute atomic E-state index is 8.69. The fourth-order valence-corrected chi connectivity index (χ4v) is 0. The molecule has 0 aliphatic carbocycles. The van der Waals surface area contributed by atoms with E-state index in [2.05, 4.69) is 0 Å². The minimum atomic E-state index is -7.72. The topological polar surface area (TPSA) is 158 Å². The Bertz CT molecular complexity index is 261. The summed E-state index contributed by atoms with van der Waals surface area (Å²) in [5, 5.41) is 0. The third kappa shape index (κ3) is 380. The van der Waals surface area contributed by atoms with Crippen molar-refractivity contribution in [3.05, 3.63) is 0 Å². The maximum atomic E-state index is 8.69. The summed E-state index contributed by atoms with van der Waals surface area (Å²) >= 11 is -11.6. The molecule has 0 aromatic carbocycles. The molecule has 69 valence electrons. The van der Waals surface area contributed by atoms with E-state index in [9.17, 15) is 0 Å². The quantitative estimate of drug-likeness (QED) is 0.373. The van der Waals surface area contributed by atoms with Gasteiger partial charge in [-0.05, 0) is 0 Å². The summed E-state index contributed by atoms with van der Waals surface area (Å²) < 4.78 is 67.7. The fraction of sp³-hybridized carbons (Fsp3) is 0. The van der Waals surface area contributed by atoms with Gasteiger partial charge in [0.15, 0.2) is 0 Å². The van der Waals surface area contributed by atoms with Crippen LogP contribution in [-0.2, 0) is 46.8 Å². The zero-order valence-corrected chi connectivity index (χ0v) is 10.1. The average Bonchev–Trinajstić information content (AvgIpc) is 1.14. The molecule has 0 saturated carbocycles. The molecule has 8 nitrogen and oxygen atoms in total. The molecule has 0 unspecified atom stereocenters. The first-order valence-corrected chi connectivity index (χ1v) is 6.87. The molecule has 1 N–H and O–H groups in total. The van der Waals surface area contributed by atoms with E-state index in [-0.39, 0.29) is 39.9 Å². The van der Waals surface area contributed by atoms with Gasteiger partial charge < -0.3 is 0 Å². The molecule has 0 bridgehead atoms. The Balaban J connectivity index is -0.000000114. The van der Waals surface area contributed by atoms with Gasteiger partial charge in [0.2, 0.25) is 0 Å². The van der Waals surface area contributed by atoms with E-state index < -0.39 is 32.8 Å². The summed E-state index contributed by atoms with van der Waals surface area (Å²) in [7, 11) is 0. The predicted octanol–water partition coefficient (Wildman–Crippen LogP) is -4.60. The van der Waals surface area contributed by atoms with Crippen LogP contribution < -0.4 is 11.6 Å². The zero-order chi connectivity index (χ0) is 9.02. The van der Waals surface area contributed by atoms with E-state index in [1.54, 1.807) is 0 Å². The van der Waals surface area contributed by atoms with E-state index in [4.69, 9.17) is 29.3 Å². The molecule has 1 radical (unpaired) electrons. The van der Waals surface area contributed by atoms with E-state index in [1.807, 2.05) is 0 Å². The Morgan fingerprint density at radius 3 is 1.18 bits per heavy atom. The minimum absolute atomic E-state index is 0. The Labute approximate surface area is 100 Å². The second-order valence-electron chi connectivity index (χ2n) is 0.855. The van der Waals surface area contributed by atoms with Crippen LogP contribution >= 0.6 is 0 Å². The molecule has 0 aromatic heterocycles. The van der Waals surface area contributed by atoms with Crippen LogP contribution in [0.4, 0.5) is 0 Å². The molecule has 11 heteroatoms. The van der Waals surface area contributed by atoms with Crippen molar-refractivity contribution in [2.75, 3.05) is 0 Å². The van der Waals surface area contributed by atoms with Gasteiger partial charge >= 0.3 is 102 Å². The predicted molar refractivity (Wildman–Crippen MR) is 4.96 cm³/mol. The first kappa shape index (κ1) is 18.5. The molecular formula is HGdO8RuTi. The van der Waals surface area contributed by atoms with E-state index in [0.29, 0.717) is 0 Å². The summed E-state index contributed by atoms with van der Waals surface area (Å²) in [5.74, 6) is 0. The van der Waals surface area contributed by atoms with Crippen LogP contribution in [0.3, 0.4) is 0 Å². The van der Waals surface area contributed by atoms with Gasteiger partial charge in [-0.2, -0.15) is 0 Å². The number of hydrogen-bond acceptors (Lipinski definition) is 7. The molecule has 11 heavy (non-hydrogen) atoms. The third-order valence-corrected chi connectivity index (χ3v) is 0. The van der Waals surface area contributed by atoms with Gasteiger partial charge in [0.1, 0.15) is 0 Å². The molecule has 0 aliphatic rings. The molecule has 0 aliphatic heterocycles. The zero-order valence-electron chi connectivity index (χ0n) is 4.51. The molecule has 0 atom stereocenters. The molecule has 0 heterocycles. The van der Waals surface area contributed by atoms with Gasteiger partial charge in [0, 0.05) is 0 Å². The first-order valence-electron chi connectivity index (χ1n) is 1.35. The van der Waals surface area contributed by atoms with Crippen LogP contribution in [0.15, 0.2) is 0 Å². The second-order valence-corrected chi connectivity index (χ2v) is 4.58. The van der Waals surface area contributed by atoms with Crippen molar-refractivity contribution >= 4 is 0 Å². The second kappa shape index (κ2) is 6.20. The monoisotopic (exact) mass is 437 g/mol. The van der Waals surface area contributed by atoms with Gasteiger partial charge in [0.05, 0.1) is 0 Å². The molecule has 0 rings (SSSR count). The Morgan fingerprint density at radius 2 is 1.18 bits per heavy atom. The van der Waals surface area contributed by atoms with Crippen molar-refractivity contribution in [2.24, 2.45) is 0 Å². The van der Waals surface area contributed by atoms with Crippen molar-refractivity contribution in [3.63, 3.8) is 0 Å². The van der Waals surface area contributed by atoms with Crippen LogP contribution in [0.2, 0.25) is 0 Å². The van der Waals surface area contributed by atoms with E-state index >= 15 is 0 Å². The SMILES string of the molecule is [Gd+3].[O]=[Ru](=[O])(=[O])([O-])[O-].[O]=[Ti]([O-])[OH]. The molecular weight excluding hydrogens is 434 g/mol. The third-order valence-electron chi connectivity index (χ3n) is 0. The standard InChI is InChI=1S/Gd.H2O.7O.Ru.Ti/h;1H2;;;;;;;;;/q+3;;;;;;3*-1;;+1/p-1. The van der Waals surface area contributed by atoms with Gasteiger partial charge in [-0.25, -0.2) is 0 Å². The summed E-state index contributed by atoms with van der Waals surface area (Å²) in [6.45, 7) is 0. The molecule has 0 spiro atoms. The van der Waals surface area contributed by atoms with Crippen LogP contribution in [0.5, 0.6) is 0 Å². The van der Waals surface area contributed by atoms with Gasteiger partial charge in [-0.3, -0.25) is 0 Å². The molecule has 0 aromatic rings. The molecule has 0 fully saturated rings. The van der Waals surface area contributed by atoms with Gasteiger partial charge in [-0.15, -0.1) is 0 Å². The summed E-state index contributed by atoms with van der Waals surface area (Å²) in [4.78, 5) is 0. The van der Waals surface area contributed by atoms with Crippen molar-refractivity contribution < 1.29 is 102 Å². The van der Waals surface area contributed by atoms with E-state index in [0.717, 1.165) is 0 Å². The van der Waals surface area contributed by atoms with Crippen LogP contribution in [0.1, 0.15) is 0 Å². The van der Waals surface area contributed by atoms with Crippen molar-refractivity contribution in [3.8, 4) is 0 Å². The van der Waals surface area contributed by atoms with Crippen molar-refractivity contribution in [1.29, 1.82) is 0 Å². The normalized spacial score (nSPS) is 12.5. The molecule has 0 saturated heterocycles. The van der Waals surface area contributed by atoms with Gasteiger partial charge in [0.25, 0.3) is 0 Å². The van der Waals surface area contributed by atoms with Crippen molar-refractivity contribution in [1.82, 2.24) is 0 Å². The summed E-state index contributed by atoms with van der Waals surface area (Å²) in [5.41, 5.74) is 0. The van der Waals surface area contributed by atoms with E-state index in [1.165, 1.54) is 0 Å². The first-order chi connectivity index (χ1) is 3.97.